The summed E-state index contributed by atoms with van der Waals surface area (Å²) >= 11 is 0. The van der Waals surface area contributed by atoms with Gasteiger partial charge in [-0.1, -0.05) is 19.8 Å². The topological polar surface area (TPSA) is 56.9 Å². The number of rotatable bonds is 4. The largest absolute Gasteiger partial charge is 0.340 e. The number of nitrogens with one attached hydrogen (secondary N) is 1. The number of nitrogens with two attached hydrogens (primary N) is 1. The van der Waals surface area contributed by atoms with Crippen LogP contribution in [-0.4, -0.2) is 54.5 Å². The predicted octanol–water partition coefficient (Wildman–Crippen LogP) is 1.17. The first-order valence-electron chi connectivity index (χ1n) is 7.85. The van der Waals surface area contributed by atoms with E-state index in [0.29, 0.717) is 6.04 Å². The van der Waals surface area contributed by atoms with Gasteiger partial charge in [0.05, 0.1) is 0 Å². The Kier molecular flexibility index (Phi) is 5.92. The molecule has 1 unspecified atom stereocenters. The second-order valence-corrected chi connectivity index (χ2v) is 5.69. The van der Waals surface area contributed by atoms with Crippen molar-refractivity contribution >= 4 is 5.96 Å². The van der Waals surface area contributed by atoms with Gasteiger partial charge in [-0.15, -0.1) is 0 Å². The monoisotopic (exact) mass is 267 g/mol. The van der Waals surface area contributed by atoms with Gasteiger partial charge in [0.25, 0.3) is 0 Å². The number of hydrazine groups is 1. The van der Waals surface area contributed by atoms with Crippen LogP contribution in [0, 0.1) is 0 Å². The maximum Gasteiger partial charge on any atom is 0.208 e. The molecule has 2 rings (SSSR count). The van der Waals surface area contributed by atoms with E-state index in [9.17, 15) is 0 Å². The van der Waals surface area contributed by atoms with Crippen LogP contribution in [0.4, 0.5) is 0 Å². The van der Waals surface area contributed by atoms with Gasteiger partial charge in [-0.05, 0) is 38.8 Å². The fourth-order valence-corrected chi connectivity index (χ4v) is 3.10. The molecule has 5 heteroatoms. The molecule has 0 aromatic heterocycles. The highest BCUT2D eigenvalue weighted by atomic mass is 15.4. The van der Waals surface area contributed by atoms with Crippen molar-refractivity contribution in [3.05, 3.63) is 0 Å². The molecule has 0 amide bonds. The summed E-state index contributed by atoms with van der Waals surface area (Å²) in [6.07, 6.45) is 7.69. The fourth-order valence-electron chi connectivity index (χ4n) is 3.10. The molecule has 2 aliphatic heterocycles. The molecular weight excluding hydrogens is 238 g/mol. The average molecular weight is 267 g/mol. The van der Waals surface area contributed by atoms with E-state index in [0.717, 1.165) is 32.0 Å². The Hall–Kier alpha value is -0.810. The van der Waals surface area contributed by atoms with Crippen molar-refractivity contribution in [1.29, 1.82) is 0 Å². The first-order chi connectivity index (χ1) is 9.35. The summed E-state index contributed by atoms with van der Waals surface area (Å²) in [5.74, 6) is 6.51. The molecule has 0 radical (unpaired) electrons. The van der Waals surface area contributed by atoms with Gasteiger partial charge >= 0.3 is 0 Å². The van der Waals surface area contributed by atoms with Crippen molar-refractivity contribution in [3.8, 4) is 0 Å². The van der Waals surface area contributed by atoms with Crippen LogP contribution < -0.4 is 11.3 Å². The van der Waals surface area contributed by atoms with Gasteiger partial charge in [-0.25, -0.2) is 5.84 Å². The molecule has 0 spiro atoms. The van der Waals surface area contributed by atoms with Crippen molar-refractivity contribution in [3.63, 3.8) is 0 Å². The van der Waals surface area contributed by atoms with Crippen LogP contribution >= 0.6 is 0 Å². The zero-order valence-electron chi connectivity index (χ0n) is 12.3. The minimum absolute atomic E-state index is 0.699. The first kappa shape index (κ1) is 14.6. The van der Waals surface area contributed by atoms with E-state index in [1.165, 1.54) is 45.2 Å². The van der Waals surface area contributed by atoms with Crippen molar-refractivity contribution in [2.45, 2.75) is 51.5 Å². The minimum atomic E-state index is 0.699. The van der Waals surface area contributed by atoms with Crippen LogP contribution in [0.1, 0.15) is 45.4 Å². The summed E-state index contributed by atoms with van der Waals surface area (Å²) in [7, 11) is 0. The maximum atomic E-state index is 5.62. The lowest BCUT2D eigenvalue weighted by atomic mass is 10.1. The molecule has 19 heavy (non-hydrogen) atoms. The van der Waals surface area contributed by atoms with Gasteiger partial charge < -0.3 is 4.90 Å². The lowest BCUT2D eigenvalue weighted by molar-refractivity contribution is 0.168. The molecule has 0 aromatic carbocycles. The lowest BCUT2D eigenvalue weighted by Crippen LogP contribution is -2.46. The number of aliphatic imine (C=N–C) groups is 1. The molecule has 5 nitrogen and oxygen atoms in total. The third-order valence-electron chi connectivity index (χ3n) is 4.27. The second kappa shape index (κ2) is 7.70. The van der Waals surface area contributed by atoms with E-state index in [1.807, 2.05) is 0 Å². The van der Waals surface area contributed by atoms with Crippen LogP contribution in [0.5, 0.6) is 0 Å². The number of unbranched alkanes of at least 4 members (excludes halogenated alkanes) is 1. The molecule has 2 heterocycles. The molecule has 2 aliphatic rings. The lowest BCUT2D eigenvalue weighted by Gasteiger charge is -2.32. The molecule has 0 aliphatic carbocycles. The molecule has 110 valence electrons. The zero-order chi connectivity index (χ0) is 13.5. The summed E-state index contributed by atoms with van der Waals surface area (Å²) in [4.78, 5) is 9.55. The highest BCUT2D eigenvalue weighted by Crippen LogP contribution is 2.20. The van der Waals surface area contributed by atoms with E-state index < -0.39 is 0 Å². The highest BCUT2D eigenvalue weighted by molar-refractivity contribution is 5.79. The van der Waals surface area contributed by atoms with E-state index in [1.54, 1.807) is 0 Å². The molecule has 3 N–H and O–H groups in total. The van der Waals surface area contributed by atoms with Crippen molar-refractivity contribution in [2.75, 3.05) is 32.7 Å². The van der Waals surface area contributed by atoms with Gasteiger partial charge in [0.1, 0.15) is 0 Å². The van der Waals surface area contributed by atoms with E-state index in [-0.39, 0.29) is 0 Å². The Morgan fingerprint density at radius 3 is 2.74 bits per heavy atom. The summed E-state index contributed by atoms with van der Waals surface area (Å²) < 4.78 is 0. The van der Waals surface area contributed by atoms with Crippen LogP contribution in [0.25, 0.3) is 0 Å². The zero-order valence-corrected chi connectivity index (χ0v) is 12.3. The van der Waals surface area contributed by atoms with Gasteiger partial charge in [0, 0.05) is 25.7 Å². The number of hydrogen-bond donors (Lipinski definition) is 2. The Bertz CT molecular complexity index is 286. The summed E-state index contributed by atoms with van der Waals surface area (Å²) in [5.41, 5.74) is 2.78. The highest BCUT2D eigenvalue weighted by Gasteiger charge is 2.29. The summed E-state index contributed by atoms with van der Waals surface area (Å²) in [5, 5.41) is 0. The van der Waals surface area contributed by atoms with Gasteiger partial charge in [-0.2, -0.15) is 0 Å². The smallest absolute Gasteiger partial charge is 0.208 e. The maximum absolute atomic E-state index is 5.62. The van der Waals surface area contributed by atoms with Crippen molar-refractivity contribution in [2.24, 2.45) is 10.8 Å². The van der Waals surface area contributed by atoms with Crippen molar-refractivity contribution < 1.29 is 0 Å². The standard InChI is InChI=1S/C14H29N5/c1-2-3-8-16-14(17-15)19-11-7-13(12-19)18-9-5-4-6-10-18/h13H,2-12,15H2,1H3,(H,16,17). The number of likely N-dealkylation sites (tertiary alicyclic amines) is 2. The van der Waals surface area contributed by atoms with Crippen LogP contribution in [0.3, 0.4) is 0 Å². The van der Waals surface area contributed by atoms with Gasteiger partial charge in [0.2, 0.25) is 5.96 Å². The number of piperidine rings is 1. The van der Waals surface area contributed by atoms with Crippen molar-refractivity contribution in [1.82, 2.24) is 15.2 Å². The molecule has 0 aromatic rings. The molecule has 0 saturated carbocycles. The Labute approximate surface area is 117 Å². The average Bonchev–Trinajstić information content (AvgIpc) is 2.94. The summed E-state index contributed by atoms with van der Waals surface area (Å²) in [6.45, 7) is 7.77. The first-order valence-corrected chi connectivity index (χ1v) is 7.85. The molecule has 2 fully saturated rings. The number of guanidine groups is 1. The quantitative estimate of drug-likeness (QED) is 0.264. The number of nitrogens with zero attached hydrogens (tertiary/aromatic N) is 3. The Balaban J connectivity index is 1.83. The minimum Gasteiger partial charge on any atom is -0.340 e. The normalized spacial score (nSPS) is 25.9. The Morgan fingerprint density at radius 1 is 1.26 bits per heavy atom. The number of hydrogen-bond acceptors (Lipinski definition) is 3. The van der Waals surface area contributed by atoms with Crippen LogP contribution in [0.15, 0.2) is 4.99 Å². The van der Waals surface area contributed by atoms with Crippen LogP contribution in [0.2, 0.25) is 0 Å². The predicted molar refractivity (Wildman–Crippen MR) is 79.9 cm³/mol. The molecular formula is C14H29N5. The SMILES string of the molecule is CCCCN=C(NN)N1CCC(N2CCCCC2)C1. The summed E-state index contributed by atoms with van der Waals surface area (Å²) in [6, 6.07) is 0.699. The second-order valence-electron chi connectivity index (χ2n) is 5.69. The van der Waals surface area contributed by atoms with Crippen LogP contribution in [-0.2, 0) is 0 Å². The Morgan fingerprint density at radius 2 is 2.05 bits per heavy atom. The van der Waals surface area contributed by atoms with Gasteiger partial charge in [-0.3, -0.25) is 15.3 Å². The third kappa shape index (κ3) is 4.08. The van der Waals surface area contributed by atoms with E-state index >= 15 is 0 Å². The molecule has 0 bridgehead atoms. The fraction of sp³-hybridized carbons (Fsp3) is 0.929. The third-order valence-corrected chi connectivity index (χ3v) is 4.27. The van der Waals surface area contributed by atoms with E-state index in [2.05, 4.69) is 27.1 Å². The molecule has 1 atom stereocenters. The van der Waals surface area contributed by atoms with Gasteiger partial charge in [0.15, 0.2) is 0 Å². The molecule has 2 saturated heterocycles. The van der Waals surface area contributed by atoms with E-state index in [4.69, 9.17) is 5.84 Å².